The maximum atomic E-state index is 11.7. The quantitative estimate of drug-likeness (QED) is 0.153. The second-order valence-electron chi connectivity index (χ2n) is 8.15. The fourth-order valence-corrected chi connectivity index (χ4v) is 3.66. The molecule has 0 amide bonds. The molecule has 0 spiro atoms. The van der Waals surface area contributed by atoms with Gasteiger partial charge in [-0.1, -0.05) is 79.9 Å². The van der Waals surface area contributed by atoms with Gasteiger partial charge in [-0.05, 0) is 65.3 Å². The second-order valence-corrected chi connectivity index (χ2v) is 8.15. The summed E-state index contributed by atoms with van der Waals surface area (Å²) in [7, 11) is 0. The monoisotopic (exact) mass is 482 g/mol. The lowest BCUT2D eigenvalue weighted by Gasteiger charge is -2.13. The Morgan fingerprint density at radius 1 is 0.944 bits per heavy atom. The largest absolute Gasteiger partial charge is 0.462 e. The first-order chi connectivity index (χ1) is 17.4. The zero-order chi connectivity index (χ0) is 25.9. The summed E-state index contributed by atoms with van der Waals surface area (Å²) in [6.45, 7) is 8.76. The molecule has 0 saturated carbocycles. The molecule has 0 bridgehead atoms. The van der Waals surface area contributed by atoms with E-state index in [2.05, 4.69) is 25.3 Å². The van der Waals surface area contributed by atoms with Crippen molar-refractivity contribution in [1.82, 2.24) is 0 Å². The van der Waals surface area contributed by atoms with Crippen LogP contribution in [0.25, 0.3) is 28.3 Å². The molecule has 0 aliphatic carbocycles. The molecule has 3 aromatic carbocycles. The van der Waals surface area contributed by atoms with Gasteiger partial charge < -0.3 is 14.6 Å². The molecule has 0 fully saturated rings. The zero-order valence-electron chi connectivity index (χ0n) is 20.4. The normalized spacial score (nSPS) is 10.7. The first-order valence-electron chi connectivity index (χ1n) is 11.7. The summed E-state index contributed by atoms with van der Waals surface area (Å²) in [5, 5.41) is 8.92. The lowest BCUT2D eigenvalue weighted by molar-refractivity contribution is -0.139. The highest BCUT2D eigenvalue weighted by Gasteiger charge is 2.12. The molecule has 0 saturated heterocycles. The van der Waals surface area contributed by atoms with Crippen molar-refractivity contribution in [2.75, 3.05) is 13.2 Å². The SMILES string of the molecule is C=CC(=O)Oc1ccc(-c2ccc(CCCOC(=O)C(=C)CO)cc2)c(-c2ccc(/C=C/C)cc2)c1. The van der Waals surface area contributed by atoms with E-state index in [1.54, 1.807) is 6.07 Å². The molecule has 3 rings (SSSR count). The second kappa shape index (κ2) is 13.0. The van der Waals surface area contributed by atoms with E-state index in [4.69, 9.17) is 14.6 Å². The molecule has 0 radical (unpaired) electrons. The fraction of sp³-hybridized carbons (Fsp3) is 0.161. The Balaban J connectivity index is 1.81. The Morgan fingerprint density at radius 2 is 1.61 bits per heavy atom. The maximum Gasteiger partial charge on any atom is 0.335 e. The summed E-state index contributed by atoms with van der Waals surface area (Å²) in [5.41, 5.74) is 6.26. The summed E-state index contributed by atoms with van der Waals surface area (Å²) in [5.74, 6) is -0.625. The Kier molecular flexibility index (Phi) is 9.55. The number of ether oxygens (including phenoxy) is 2. The van der Waals surface area contributed by atoms with E-state index in [1.807, 2.05) is 67.6 Å². The average molecular weight is 483 g/mol. The molecule has 184 valence electrons. The number of aliphatic hydroxyl groups excluding tert-OH is 1. The number of carbonyl (C=O) groups is 2. The van der Waals surface area contributed by atoms with Crippen LogP contribution in [0, 0.1) is 0 Å². The minimum atomic E-state index is -0.568. The van der Waals surface area contributed by atoms with Crippen molar-refractivity contribution in [3.63, 3.8) is 0 Å². The van der Waals surface area contributed by atoms with Gasteiger partial charge in [0, 0.05) is 6.08 Å². The van der Waals surface area contributed by atoms with Gasteiger partial charge in [-0.2, -0.15) is 0 Å². The van der Waals surface area contributed by atoms with Crippen LogP contribution in [-0.4, -0.2) is 30.3 Å². The van der Waals surface area contributed by atoms with Crippen molar-refractivity contribution < 1.29 is 24.2 Å². The summed E-state index contributed by atoms with van der Waals surface area (Å²) in [6.07, 6.45) is 6.58. The van der Waals surface area contributed by atoms with Crippen LogP contribution in [0.2, 0.25) is 0 Å². The van der Waals surface area contributed by atoms with Crippen molar-refractivity contribution >= 4 is 18.0 Å². The van der Waals surface area contributed by atoms with Crippen LogP contribution >= 0.6 is 0 Å². The number of aryl methyl sites for hydroxylation is 1. The van der Waals surface area contributed by atoms with Crippen molar-refractivity contribution in [3.05, 3.63) is 109 Å². The predicted octanol–water partition coefficient (Wildman–Crippen LogP) is 6.17. The fourth-order valence-electron chi connectivity index (χ4n) is 3.66. The molecule has 0 aliphatic rings. The van der Waals surface area contributed by atoms with Gasteiger partial charge in [-0.3, -0.25) is 0 Å². The van der Waals surface area contributed by atoms with E-state index < -0.39 is 18.5 Å². The lowest BCUT2D eigenvalue weighted by Crippen LogP contribution is -2.11. The van der Waals surface area contributed by atoms with Gasteiger partial charge in [0.2, 0.25) is 0 Å². The Labute approximate surface area is 212 Å². The van der Waals surface area contributed by atoms with Crippen molar-refractivity contribution in [2.24, 2.45) is 0 Å². The number of hydrogen-bond donors (Lipinski definition) is 1. The highest BCUT2D eigenvalue weighted by molar-refractivity contribution is 5.88. The smallest absolute Gasteiger partial charge is 0.335 e. The summed E-state index contributed by atoms with van der Waals surface area (Å²) < 4.78 is 10.5. The van der Waals surface area contributed by atoms with Gasteiger partial charge in [-0.25, -0.2) is 9.59 Å². The molecule has 1 N–H and O–H groups in total. The molecule has 0 unspecified atom stereocenters. The van der Waals surface area contributed by atoms with Crippen molar-refractivity contribution in [1.29, 1.82) is 0 Å². The molecule has 5 nitrogen and oxygen atoms in total. The van der Waals surface area contributed by atoms with Crippen LogP contribution in [0.15, 0.2) is 97.6 Å². The van der Waals surface area contributed by atoms with E-state index >= 15 is 0 Å². The molecule has 3 aromatic rings. The Morgan fingerprint density at radius 3 is 2.25 bits per heavy atom. The highest BCUT2D eigenvalue weighted by atomic mass is 16.5. The molecule has 0 aromatic heterocycles. The van der Waals surface area contributed by atoms with Crippen molar-refractivity contribution in [2.45, 2.75) is 19.8 Å². The molecule has 0 atom stereocenters. The van der Waals surface area contributed by atoms with Gasteiger partial charge in [0.1, 0.15) is 5.75 Å². The average Bonchev–Trinajstić information content (AvgIpc) is 2.91. The van der Waals surface area contributed by atoms with E-state index in [1.165, 1.54) is 0 Å². The summed E-state index contributed by atoms with van der Waals surface area (Å²) >= 11 is 0. The summed E-state index contributed by atoms with van der Waals surface area (Å²) in [6, 6.07) is 22.0. The minimum absolute atomic E-state index is 0.0527. The highest BCUT2D eigenvalue weighted by Crippen LogP contribution is 2.35. The molecular formula is C31H30O5. The van der Waals surface area contributed by atoms with Crippen LogP contribution in [0.3, 0.4) is 0 Å². The van der Waals surface area contributed by atoms with E-state index in [-0.39, 0.29) is 12.2 Å². The minimum Gasteiger partial charge on any atom is -0.462 e. The van der Waals surface area contributed by atoms with Crippen LogP contribution in [0.5, 0.6) is 5.75 Å². The molecule has 36 heavy (non-hydrogen) atoms. The van der Waals surface area contributed by atoms with Gasteiger partial charge in [0.15, 0.2) is 0 Å². The number of aliphatic hydroxyl groups is 1. The third-order valence-corrected chi connectivity index (χ3v) is 5.54. The number of rotatable bonds is 11. The number of carbonyl (C=O) groups excluding carboxylic acids is 2. The van der Waals surface area contributed by atoms with Gasteiger partial charge in [0.25, 0.3) is 0 Å². The van der Waals surface area contributed by atoms with Gasteiger partial charge in [-0.15, -0.1) is 0 Å². The molecule has 0 heterocycles. The van der Waals surface area contributed by atoms with Gasteiger partial charge >= 0.3 is 11.9 Å². The van der Waals surface area contributed by atoms with Crippen LogP contribution in [-0.2, 0) is 20.7 Å². The number of benzene rings is 3. The number of allylic oxidation sites excluding steroid dienone is 1. The third kappa shape index (κ3) is 7.14. The van der Waals surface area contributed by atoms with E-state index in [9.17, 15) is 9.59 Å². The van der Waals surface area contributed by atoms with Crippen molar-refractivity contribution in [3.8, 4) is 28.0 Å². The summed E-state index contributed by atoms with van der Waals surface area (Å²) in [4.78, 5) is 23.3. The molecular weight excluding hydrogens is 452 g/mol. The number of esters is 2. The van der Waals surface area contributed by atoms with E-state index in [0.29, 0.717) is 12.2 Å². The van der Waals surface area contributed by atoms with E-state index in [0.717, 1.165) is 45.9 Å². The van der Waals surface area contributed by atoms with Gasteiger partial charge in [0.05, 0.1) is 18.8 Å². The zero-order valence-corrected chi connectivity index (χ0v) is 20.4. The number of hydrogen-bond acceptors (Lipinski definition) is 5. The maximum absolute atomic E-state index is 11.7. The lowest BCUT2D eigenvalue weighted by atomic mass is 9.93. The Bertz CT molecular complexity index is 1250. The topological polar surface area (TPSA) is 72.8 Å². The third-order valence-electron chi connectivity index (χ3n) is 5.54. The first kappa shape index (κ1) is 26.4. The standard InChI is InChI=1S/C31H30O5/c1-4-7-23-9-15-26(16-10-23)29-20-27(36-30(33)5-2)17-18-28(29)25-13-11-24(12-14-25)8-6-19-35-31(34)22(3)21-32/h4-5,7,9-18,20,32H,2-3,6,8,19,21H2,1H3/b7-4+. The molecule has 5 heteroatoms. The first-order valence-corrected chi connectivity index (χ1v) is 11.7. The van der Waals surface area contributed by atoms with Crippen LogP contribution < -0.4 is 4.74 Å². The predicted molar refractivity (Wildman–Crippen MR) is 143 cm³/mol. The van der Waals surface area contributed by atoms with Crippen LogP contribution in [0.4, 0.5) is 0 Å². The molecule has 0 aliphatic heterocycles. The Hall–Kier alpha value is -4.22. The van der Waals surface area contributed by atoms with Crippen LogP contribution in [0.1, 0.15) is 24.5 Å².